The third-order valence-corrected chi connectivity index (χ3v) is 5.78. The Morgan fingerprint density at radius 3 is 2.93 bits per heavy atom. The standard InChI is InChI=1S/C18H19F3N6O2S/c1-9-5-11(7-26(9)8-14-16(19)25-18(30-14)23-10(2)28)29-15-4-3-13-12(24-15)6-22-27(13)17(20)21/h3-4,6,9,11,17H,5,7-8H2,1-2H3,(H,23,25,28). The van der Waals surface area contributed by atoms with Gasteiger partial charge in [-0.3, -0.25) is 9.69 Å². The number of nitrogens with one attached hydrogen (secondary N) is 1. The number of carbonyl (C=O) groups excluding carboxylic acids is 1. The van der Waals surface area contributed by atoms with Crippen LogP contribution in [0, 0.1) is 5.95 Å². The highest BCUT2D eigenvalue weighted by molar-refractivity contribution is 7.15. The van der Waals surface area contributed by atoms with Crippen molar-refractivity contribution in [3.8, 4) is 5.88 Å². The SMILES string of the molecule is CC(=O)Nc1nc(F)c(CN2CC(Oc3ccc4c(cnn4C(F)F)n3)CC2C)s1. The number of ether oxygens (including phenoxy) is 1. The molecule has 1 amide bonds. The van der Waals surface area contributed by atoms with Gasteiger partial charge in [-0.2, -0.15) is 23.3 Å². The van der Waals surface area contributed by atoms with E-state index in [0.29, 0.717) is 40.5 Å². The fraction of sp³-hybridized carbons (Fsp3) is 0.444. The van der Waals surface area contributed by atoms with Crippen molar-refractivity contribution >= 4 is 33.4 Å². The fourth-order valence-electron chi connectivity index (χ4n) is 3.48. The van der Waals surface area contributed by atoms with E-state index in [1.807, 2.05) is 6.92 Å². The molecule has 1 aliphatic heterocycles. The number of carbonyl (C=O) groups is 1. The summed E-state index contributed by atoms with van der Waals surface area (Å²) in [5.74, 6) is -0.572. The van der Waals surface area contributed by atoms with Crippen LogP contribution in [0.25, 0.3) is 11.0 Å². The van der Waals surface area contributed by atoms with Gasteiger partial charge in [0, 0.05) is 38.5 Å². The van der Waals surface area contributed by atoms with Crippen LogP contribution in [0.1, 0.15) is 31.7 Å². The van der Waals surface area contributed by atoms with Gasteiger partial charge < -0.3 is 10.1 Å². The van der Waals surface area contributed by atoms with E-state index in [0.717, 1.165) is 11.3 Å². The van der Waals surface area contributed by atoms with Crippen LogP contribution in [-0.2, 0) is 11.3 Å². The number of fused-ring (bicyclic) bond motifs is 1. The molecule has 1 aliphatic rings. The van der Waals surface area contributed by atoms with E-state index in [-0.39, 0.29) is 28.7 Å². The summed E-state index contributed by atoms with van der Waals surface area (Å²) in [7, 11) is 0. The lowest BCUT2D eigenvalue weighted by atomic mass is 10.2. The summed E-state index contributed by atoms with van der Waals surface area (Å²) in [6, 6.07) is 3.17. The Morgan fingerprint density at radius 2 is 2.20 bits per heavy atom. The number of anilines is 1. The zero-order valence-corrected chi connectivity index (χ0v) is 17.0. The van der Waals surface area contributed by atoms with E-state index in [1.54, 1.807) is 6.07 Å². The molecule has 1 fully saturated rings. The highest BCUT2D eigenvalue weighted by Crippen LogP contribution is 2.29. The molecule has 160 valence electrons. The molecule has 1 N–H and O–H groups in total. The lowest BCUT2D eigenvalue weighted by Gasteiger charge is -2.19. The van der Waals surface area contributed by atoms with Crippen molar-refractivity contribution in [2.24, 2.45) is 0 Å². The van der Waals surface area contributed by atoms with E-state index < -0.39 is 12.5 Å². The molecule has 0 bridgehead atoms. The highest BCUT2D eigenvalue weighted by Gasteiger charge is 2.32. The van der Waals surface area contributed by atoms with Crippen molar-refractivity contribution in [1.29, 1.82) is 0 Å². The maximum Gasteiger partial charge on any atom is 0.333 e. The molecule has 0 radical (unpaired) electrons. The molecule has 0 aromatic carbocycles. The van der Waals surface area contributed by atoms with Crippen LogP contribution in [0.2, 0.25) is 0 Å². The summed E-state index contributed by atoms with van der Waals surface area (Å²) in [5.41, 5.74) is 0.558. The number of rotatable bonds is 6. The second kappa shape index (κ2) is 8.19. The number of nitrogens with zero attached hydrogens (tertiary/aromatic N) is 5. The number of alkyl halides is 2. The number of aromatic nitrogens is 4. The molecule has 2 atom stereocenters. The van der Waals surface area contributed by atoms with Gasteiger partial charge in [-0.1, -0.05) is 11.3 Å². The van der Waals surface area contributed by atoms with Gasteiger partial charge in [-0.15, -0.1) is 0 Å². The number of thiazole rings is 1. The maximum absolute atomic E-state index is 14.1. The van der Waals surface area contributed by atoms with Crippen molar-refractivity contribution < 1.29 is 22.7 Å². The van der Waals surface area contributed by atoms with Gasteiger partial charge in [0.15, 0.2) is 5.13 Å². The van der Waals surface area contributed by atoms with E-state index in [2.05, 4.69) is 25.3 Å². The van der Waals surface area contributed by atoms with Crippen molar-refractivity contribution in [2.75, 3.05) is 11.9 Å². The number of hydrogen-bond acceptors (Lipinski definition) is 7. The van der Waals surface area contributed by atoms with Crippen molar-refractivity contribution in [1.82, 2.24) is 24.6 Å². The first kappa shape index (κ1) is 20.5. The van der Waals surface area contributed by atoms with Crippen molar-refractivity contribution in [3.05, 3.63) is 29.2 Å². The van der Waals surface area contributed by atoms with Crippen molar-refractivity contribution in [3.63, 3.8) is 0 Å². The summed E-state index contributed by atoms with van der Waals surface area (Å²) in [6.07, 6.45) is 1.80. The first-order valence-electron chi connectivity index (χ1n) is 9.26. The summed E-state index contributed by atoms with van der Waals surface area (Å²) in [6.45, 7) is 1.51. The third kappa shape index (κ3) is 4.24. The lowest BCUT2D eigenvalue weighted by molar-refractivity contribution is -0.114. The predicted octanol–water partition coefficient (Wildman–Crippen LogP) is 3.42. The van der Waals surface area contributed by atoms with Gasteiger partial charge in [0.1, 0.15) is 11.6 Å². The summed E-state index contributed by atoms with van der Waals surface area (Å²) >= 11 is 1.10. The minimum atomic E-state index is -2.74. The Kier molecular flexibility index (Phi) is 5.60. The van der Waals surface area contributed by atoms with E-state index in [9.17, 15) is 18.0 Å². The van der Waals surface area contributed by atoms with Crippen LogP contribution in [0.3, 0.4) is 0 Å². The minimum Gasteiger partial charge on any atom is -0.473 e. The van der Waals surface area contributed by atoms with E-state index >= 15 is 0 Å². The molecule has 2 unspecified atom stereocenters. The zero-order valence-electron chi connectivity index (χ0n) is 16.2. The smallest absolute Gasteiger partial charge is 0.333 e. The zero-order chi connectivity index (χ0) is 21.4. The molecule has 4 rings (SSSR count). The van der Waals surface area contributed by atoms with Crippen LogP contribution >= 0.6 is 11.3 Å². The predicted molar refractivity (Wildman–Crippen MR) is 104 cm³/mol. The normalized spacial score (nSPS) is 19.7. The first-order chi connectivity index (χ1) is 14.3. The van der Waals surface area contributed by atoms with Gasteiger partial charge in [0.05, 0.1) is 16.6 Å². The van der Waals surface area contributed by atoms with Crippen LogP contribution < -0.4 is 10.1 Å². The molecule has 3 aromatic heterocycles. The Balaban J connectivity index is 1.41. The molecule has 30 heavy (non-hydrogen) atoms. The Hall–Kier alpha value is -2.73. The monoisotopic (exact) mass is 440 g/mol. The average molecular weight is 440 g/mol. The number of pyridine rings is 1. The molecule has 0 spiro atoms. The molecule has 4 heterocycles. The quantitative estimate of drug-likeness (QED) is 0.632. The molecule has 8 nitrogen and oxygen atoms in total. The minimum absolute atomic E-state index is 0.131. The third-order valence-electron chi connectivity index (χ3n) is 4.85. The molecule has 3 aromatic rings. The second-order valence-corrected chi connectivity index (χ2v) is 8.17. The lowest BCUT2D eigenvalue weighted by Crippen LogP contribution is -2.28. The first-order valence-corrected chi connectivity index (χ1v) is 10.1. The highest BCUT2D eigenvalue weighted by atomic mass is 32.1. The number of hydrogen-bond donors (Lipinski definition) is 1. The van der Waals surface area contributed by atoms with E-state index in [4.69, 9.17) is 4.74 Å². The Morgan fingerprint density at radius 1 is 1.40 bits per heavy atom. The number of halogens is 3. The molecule has 1 saturated heterocycles. The van der Waals surface area contributed by atoms with Gasteiger partial charge in [-0.25, -0.2) is 9.67 Å². The van der Waals surface area contributed by atoms with E-state index in [1.165, 1.54) is 19.2 Å². The maximum atomic E-state index is 14.1. The van der Waals surface area contributed by atoms with Crippen LogP contribution in [0.4, 0.5) is 18.3 Å². The second-order valence-electron chi connectivity index (χ2n) is 7.09. The Bertz CT molecular complexity index is 1070. The molecule has 0 saturated carbocycles. The summed E-state index contributed by atoms with van der Waals surface area (Å²) in [5, 5.41) is 6.36. The number of amides is 1. The topological polar surface area (TPSA) is 85.2 Å². The van der Waals surface area contributed by atoms with Crippen LogP contribution in [0.15, 0.2) is 18.3 Å². The summed E-state index contributed by atoms with van der Waals surface area (Å²) < 4.78 is 46.5. The fourth-order valence-corrected chi connectivity index (χ4v) is 4.39. The van der Waals surface area contributed by atoms with Gasteiger partial charge in [0.25, 0.3) is 0 Å². The molecule has 12 heteroatoms. The van der Waals surface area contributed by atoms with Crippen molar-refractivity contribution in [2.45, 2.75) is 45.5 Å². The number of likely N-dealkylation sites (tertiary alicyclic amines) is 1. The van der Waals surface area contributed by atoms with Crippen LogP contribution in [-0.4, -0.2) is 49.2 Å². The largest absolute Gasteiger partial charge is 0.473 e. The molecule has 0 aliphatic carbocycles. The summed E-state index contributed by atoms with van der Waals surface area (Å²) in [4.78, 5) is 21.6. The van der Waals surface area contributed by atoms with Gasteiger partial charge >= 0.3 is 6.55 Å². The van der Waals surface area contributed by atoms with Gasteiger partial charge in [-0.05, 0) is 13.0 Å². The average Bonchev–Trinajstić information content (AvgIpc) is 3.32. The Labute approximate surface area is 173 Å². The van der Waals surface area contributed by atoms with Crippen LogP contribution in [0.5, 0.6) is 5.88 Å². The molecular formula is C18H19F3N6O2S. The molecular weight excluding hydrogens is 421 g/mol. The van der Waals surface area contributed by atoms with Gasteiger partial charge in [0.2, 0.25) is 17.7 Å².